The monoisotopic (exact) mass is 205 g/mol. The predicted octanol–water partition coefficient (Wildman–Crippen LogP) is 2.43. The van der Waals surface area contributed by atoms with Crippen LogP contribution < -0.4 is 10.7 Å². The summed E-state index contributed by atoms with van der Waals surface area (Å²) in [5.74, 6) is 0. The fraction of sp³-hybridized carbons (Fsp3) is 0.182. The van der Waals surface area contributed by atoms with Crippen molar-refractivity contribution in [3.8, 4) is 11.3 Å². The van der Waals surface area contributed by atoms with E-state index in [4.69, 9.17) is 5.73 Å². The number of aromatic nitrogens is 1. The predicted molar refractivity (Wildman–Crippen MR) is 60.2 cm³/mol. The Morgan fingerprint density at radius 1 is 1.21 bits per heavy atom. The summed E-state index contributed by atoms with van der Waals surface area (Å²) < 4.78 is 0. The molecule has 3 N–H and O–H groups in total. The number of nitrogen functional groups attached to an aromatic ring is 1. The van der Waals surface area contributed by atoms with Gasteiger partial charge in [-0.05, 0) is 31.0 Å². The molecular weight excluding hydrogens is 192 g/mol. The Balaban J connectivity index is 2.47. The summed E-state index contributed by atoms with van der Waals surface area (Å²) in [6.07, 6.45) is 0. The first-order valence-electron chi connectivity index (χ1n) is 4.51. The van der Waals surface area contributed by atoms with Crippen molar-refractivity contribution in [1.29, 1.82) is 0 Å². The molecule has 72 valence electrons. The molecule has 0 fully saturated rings. The van der Waals surface area contributed by atoms with Crippen LogP contribution in [0.2, 0.25) is 0 Å². The Labute approximate surface area is 87.4 Å². The lowest BCUT2D eigenvalue weighted by Gasteiger charge is -2.00. The highest BCUT2D eigenvalue weighted by Gasteiger charge is 2.06. The van der Waals surface area contributed by atoms with Gasteiger partial charge < -0.3 is 0 Å². The number of hydrogen-bond acceptors (Lipinski definition) is 2. The number of aryl methyl sites for hydroxylation is 2. The molecule has 0 radical (unpaired) electrons. The average Bonchev–Trinajstić information content (AvgIpc) is 2.57. The molecule has 14 heavy (non-hydrogen) atoms. The van der Waals surface area contributed by atoms with E-state index in [1.54, 1.807) is 0 Å². The molecule has 2 nitrogen and oxygen atoms in total. The third-order valence-electron chi connectivity index (χ3n) is 2.38. The van der Waals surface area contributed by atoms with Gasteiger partial charge in [-0.15, -0.1) is 0 Å². The van der Waals surface area contributed by atoms with Gasteiger partial charge in [-0.25, -0.2) is 4.98 Å². The van der Waals surface area contributed by atoms with Crippen LogP contribution in [-0.4, -0.2) is 0 Å². The third-order valence-corrected chi connectivity index (χ3v) is 3.09. The lowest BCUT2D eigenvalue weighted by molar-refractivity contribution is -0.340. The normalized spacial score (nSPS) is 10.4. The summed E-state index contributed by atoms with van der Waals surface area (Å²) in [5.41, 5.74) is 10.6. The van der Waals surface area contributed by atoms with E-state index < -0.39 is 0 Å². The molecule has 0 aliphatic rings. The quantitative estimate of drug-likeness (QED) is 0.763. The lowest BCUT2D eigenvalue weighted by Crippen LogP contribution is -2.06. The van der Waals surface area contributed by atoms with Crippen molar-refractivity contribution >= 4 is 16.5 Å². The molecule has 1 aromatic heterocycles. The van der Waals surface area contributed by atoms with Gasteiger partial charge in [-0.3, -0.25) is 5.73 Å². The second-order valence-electron chi connectivity index (χ2n) is 3.44. The molecule has 2 aromatic rings. The standard InChI is InChI=1S/C11H12N2S/c1-7-3-4-9(5-8(7)2)10-6-14-11(12)13-10/h3-6H,1-2H3,(H2,12,13)/p+1. The zero-order valence-electron chi connectivity index (χ0n) is 8.29. The zero-order chi connectivity index (χ0) is 10.1. The molecule has 1 aromatic carbocycles. The second-order valence-corrected chi connectivity index (χ2v) is 4.35. The van der Waals surface area contributed by atoms with Gasteiger partial charge in [-0.2, -0.15) is 0 Å². The Kier molecular flexibility index (Phi) is 2.25. The van der Waals surface area contributed by atoms with Gasteiger partial charge in [0.15, 0.2) is 0 Å². The summed E-state index contributed by atoms with van der Waals surface area (Å²) in [5, 5.41) is 2.79. The van der Waals surface area contributed by atoms with Crippen LogP contribution in [0.1, 0.15) is 11.1 Å². The molecule has 0 saturated carbocycles. The molecule has 2 rings (SSSR count). The molecule has 0 amide bonds. The molecule has 0 saturated heterocycles. The topological polar surface area (TPSA) is 40.2 Å². The van der Waals surface area contributed by atoms with E-state index in [0.29, 0.717) is 0 Å². The van der Waals surface area contributed by atoms with E-state index >= 15 is 0 Å². The molecule has 0 bridgehead atoms. The Morgan fingerprint density at radius 3 is 2.57 bits per heavy atom. The SMILES string of the molecule is Cc1ccc(-c2csc(N)[nH+]2)cc1C. The van der Waals surface area contributed by atoms with Gasteiger partial charge in [0.1, 0.15) is 5.69 Å². The van der Waals surface area contributed by atoms with Crippen molar-refractivity contribution < 1.29 is 4.98 Å². The van der Waals surface area contributed by atoms with Crippen molar-refractivity contribution in [3.05, 3.63) is 34.7 Å². The number of H-pyrrole nitrogens is 1. The van der Waals surface area contributed by atoms with E-state index in [9.17, 15) is 0 Å². The Hall–Kier alpha value is -1.35. The van der Waals surface area contributed by atoms with Gasteiger partial charge in [0.05, 0.1) is 0 Å². The van der Waals surface area contributed by atoms with Gasteiger partial charge in [0, 0.05) is 10.9 Å². The maximum Gasteiger partial charge on any atom is 0.329 e. The highest BCUT2D eigenvalue weighted by Crippen LogP contribution is 2.21. The maximum atomic E-state index is 5.65. The van der Waals surface area contributed by atoms with Crippen LogP contribution in [0.4, 0.5) is 5.13 Å². The third kappa shape index (κ3) is 1.63. The van der Waals surface area contributed by atoms with Crippen LogP contribution >= 0.6 is 11.3 Å². The van der Waals surface area contributed by atoms with Crippen molar-refractivity contribution in [2.45, 2.75) is 13.8 Å². The van der Waals surface area contributed by atoms with E-state index in [2.05, 4.69) is 37.0 Å². The van der Waals surface area contributed by atoms with Crippen molar-refractivity contribution in [1.82, 2.24) is 0 Å². The van der Waals surface area contributed by atoms with Crippen molar-refractivity contribution in [2.75, 3.05) is 5.73 Å². The number of hydrogen-bond donors (Lipinski definition) is 1. The summed E-state index contributed by atoms with van der Waals surface area (Å²) in [6.45, 7) is 4.24. The number of rotatable bonds is 1. The van der Waals surface area contributed by atoms with Crippen LogP contribution in [0.25, 0.3) is 11.3 Å². The van der Waals surface area contributed by atoms with Gasteiger partial charge in [-0.1, -0.05) is 23.5 Å². The van der Waals surface area contributed by atoms with Crippen LogP contribution in [0.5, 0.6) is 0 Å². The minimum atomic E-state index is 0.748. The fourth-order valence-corrected chi connectivity index (χ4v) is 1.97. The Bertz CT molecular complexity index is 460. The minimum absolute atomic E-state index is 0.748. The maximum absolute atomic E-state index is 5.65. The molecule has 0 unspecified atom stereocenters. The van der Waals surface area contributed by atoms with E-state index in [1.165, 1.54) is 28.0 Å². The number of thiazole rings is 1. The summed E-state index contributed by atoms with van der Waals surface area (Å²) in [7, 11) is 0. The van der Waals surface area contributed by atoms with E-state index in [1.807, 2.05) is 5.38 Å². The van der Waals surface area contributed by atoms with E-state index in [0.717, 1.165) is 10.8 Å². The fourth-order valence-electron chi connectivity index (χ4n) is 1.36. The lowest BCUT2D eigenvalue weighted by atomic mass is 10.1. The molecule has 0 spiro atoms. The van der Waals surface area contributed by atoms with Gasteiger partial charge in [0.2, 0.25) is 0 Å². The summed E-state index contributed by atoms with van der Waals surface area (Å²) in [6, 6.07) is 6.42. The molecule has 0 aliphatic carbocycles. The Morgan fingerprint density at radius 2 is 2.00 bits per heavy atom. The molecule has 1 heterocycles. The van der Waals surface area contributed by atoms with Crippen LogP contribution in [-0.2, 0) is 0 Å². The van der Waals surface area contributed by atoms with Crippen LogP contribution in [0, 0.1) is 13.8 Å². The highest BCUT2D eigenvalue weighted by molar-refractivity contribution is 7.13. The first-order chi connectivity index (χ1) is 6.66. The number of benzene rings is 1. The number of aromatic amines is 1. The van der Waals surface area contributed by atoms with Crippen LogP contribution in [0.3, 0.4) is 0 Å². The first-order valence-corrected chi connectivity index (χ1v) is 5.38. The van der Waals surface area contributed by atoms with Gasteiger partial charge >= 0.3 is 5.13 Å². The van der Waals surface area contributed by atoms with Crippen molar-refractivity contribution in [3.63, 3.8) is 0 Å². The zero-order valence-corrected chi connectivity index (χ0v) is 9.11. The smallest absolute Gasteiger partial charge is 0.278 e. The van der Waals surface area contributed by atoms with Crippen LogP contribution in [0.15, 0.2) is 23.6 Å². The van der Waals surface area contributed by atoms with E-state index in [-0.39, 0.29) is 0 Å². The summed E-state index contributed by atoms with van der Waals surface area (Å²) >= 11 is 1.53. The number of nitrogens with two attached hydrogens (primary N) is 1. The largest absolute Gasteiger partial charge is 0.329 e. The molecule has 3 heteroatoms. The minimum Gasteiger partial charge on any atom is -0.278 e. The second kappa shape index (κ2) is 3.42. The highest BCUT2D eigenvalue weighted by atomic mass is 32.1. The summed E-state index contributed by atoms with van der Waals surface area (Å²) in [4.78, 5) is 3.14. The number of anilines is 1. The first kappa shape index (κ1) is 9.21. The van der Waals surface area contributed by atoms with Gasteiger partial charge in [0.25, 0.3) is 0 Å². The molecule has 0 aliphatic heterocycles. The molecule has 0 atom stereocenters. The molecular formula is C11H13N2S+. The average molecular weight is 205 g/mol. The number of nitrogens with one attached hydrogen (secondary N) is 1. The van der Waals surface area contributed by atoms with Crippen molar-refractivity contribution in [2.24, 2.45) is 0 Å².